The molecule has 0 saturated carbocycles. The molecular weight excluding hydrogens is 432 g/mol. The third kappa shape index (κ3) is 6.32. The Hall–Kier alpha value is -2.88. The molecule has 1 aromatic rings. The standard InChI is InChI=1S/C22H29ClN6O3/c1-14(2)32-18-9-7-17(8-10-18)29(25)20-12-26-22(28(24)13-21(30)31)27-19(20)11-15-3-5-16(23)6-4-15/h3,5,7,9,12,14H,4,6,8,10-11,13,24-25H2,1-2H3,(H,30,31). The highest BCUT2D eigenvalue weighted by molar-refractivity contribution is 6.29. The first-order valence-corrected chi connectivity index (χ1v) is 10.9. The summed E-state index contributed by atoms with van der Waals surface area (Å²) in [7, 11) is 0. The van der Waals surface area contributed by atoms with Crippen LogP contribution in [0.2, 0.25) is 0 Å². The molecule has 3 rings (SSSR count). The summed E-state index contributed by atoms with van der Waals surface area (Å²) in [5, 5.41) is 12.4. The average molecular weight is 461 g/mol. The van der Waals surface area contributed by atoms with E-state index in [4.69, 9.17) is 33.1 Å². The second kappa shape index (κ2) is 10.6. The van der Waals surface area contributed by atoms with Crippen molar-refractivity contribution in [2.45, 2.75) is 52.1 Å². The van der Waals surface area contributed by atoms with Crippen molar-refractivity contribution in [3.05, 3.63) is 58.3 Å². The van der Waals surface area contributed by atoms with E-state index in [-0.39, 0.29) is 12.1 Å². The summed E-state index contributed by atoms with van der Waals surface area (Å²) in [6.45, 7) is 3.57. The molecule has 0 radical (unpaired) electrons. The Balaban J connectivity index is 1.90. The minimum atomic E-state index is -1.07. The lowest BCUT2D eigenvalue weighted by atomic mass is 9.99. The molecule has 2 aliphatic rings. The number of carboxylic acid groups (broad SMARTS) is 1. The summed E-state index contributed by atoms with van der Waals surface area (Å²) in [5.41, 5.74) is 3.33. The maximum atomic E-state index is 11.0. The average Bonchev–Trinajstić information content (AvgIpc) is 2.74. The van der Waals surface area contributed by atoms with Crippen LogP contribution < -0.4 is 21.7 Å². The van der Waals surface area contributed by atoms with Crippen LogP contribution in [0.5, 0.6) is 0 Å². The molecule has 0 spiro atoms. The van der Waals surface area contributed by atoms with E-state index in [1.807, 2.05) is 38.2 Å². The number of rotatable bonds is 9. The lowest BCUT2D eigenvalue weighted by molar-refractivity contribution is -0.135. The topological polar surface area (TPSA) is 131 Å². The van der Waals surface area contributed by atoms with Crippen molar-refractivity contribution < 1.29 is 14.6 Å². The van der Waals surface area contributed by atoms with Crippen molar-refractivity contribution in [2.24, 2.45) is 11.7 Å². The van der Waals surface area contributed by atoms with Gasteiger partial charge in [0.05, 0.1) is 29.4 Å². The summed E-state index contributed by atoms with van der Waals surface area (Å²) in [4.78, 5) is 19.8. The van der Waals surface area contributed by atoms with Gasteiger partial charge in [-0.15, -0.1) is 0 Å². The van der Waals surface area contributed by atoms with Crippen molar-refractivity contribution in [2.75, 3.05) is 16.6 Å². The second-order valence-corrected chi connectivity index (χ2v) is 8.45. The number of hydrogen-bond acceptors (Lipinski definition) is 8. The third-order valence-corrected chi connectivity index (χ3v) is 5.33. The van der Waals surface area contributed by atoms with Crippen molar-refractivity contribution in [3.8, 4) is 0 Å². The van der Waals surface area contributed by atoms with Gasteiger partial charge in [0.25, 0.3) is 0 Å². The highest BCUT2D eigenvalue weighted by Crippen LogP contribution is 2.30. The third-order valence-electron chi connectivity index (χ3n) is 5.02. The lowest BCUT2D eigenvalue weighted by Crippen LogP contribution is -2.38. The molecule has 0 bridgehead atoms. The molecule has 0 atom stereocenters. The Morgan fingerprint density at radius 1 is 1.19 bits per heavy atom. The van der Waals surface area contributed by atoms with Crippen molar-refractivity contribution in [3.63, 3.8) is 0 Å². The Labute approximate surface area is 192 Å². The van der Waals surface area contributed by atoms with E-state index in [0.717, 1.165) is 46.3 Å². The fourth-order valence-corrected chi connectivity index (χ4v) is 3.62. The van der Waals surface area contributed by atoms with Crippen LogP contribution >= 0.6 is 11.6 Å². The number of allylic oxidation sites excluding steroid dienone is 8. The van der Waals surface area contributed by atoms with Crippen molar-refractivity contribution in [1.29, 1.82) is 0 Å². The Morgan fingerprint density at radius 2 is 1.97 bits per heavy atom. The van der Waals surface area contributed by atoms with Gasteiger partial charge < -0.3 is 9.84 Å². The van der Waals surface area contributed by atoms with Gasteiger partial charge in [0.2, 0.25) is 5.95 Å². The van der Waals surface area contributed by atoms with Gasteiger partial charge in [-0.05, 0) is 51.3 Å². The molecule has 1 heterocycles. The van der Waals surface area contributed by atoms with Crippen LogP contribution in [0.1, 0.15) is 45.2 Å². The summed E-state index contributed by atoms with van der Waals surface area (Å²) in [6.07, 6.45) is 13.0. The number of carbonyl (C=O) groups is 1. The quantitative estimate of drug-likeness (QED) is 0.375. The van der Waals surface area contributed by atoms with Crippen molar-refractivity contribution >= 4 is 29.2 Å². The number of ether oxygens (including phenoxy) is 1. The molecular formula is C22H29ClN6O3. The summed E-state index contributed by atoms with van der Waals surface area (Å²) in [5.74, 6) is 12.3. The highest BCUT2D eigenvalue weighted by Gasteiger charge is 2.21. The number of anilines is 2. The minimum Gasteiger partial charge on any atom is -0.495 e. The Bertz CT molecular complexity index is 986. The van der Waals surface area contributed by atoms with E-state index >= 15 is 0 Å². The van der Waals surface area contributed by atoms with Gasteiger partial charge in [0.1, 0.15) is 6.54 Å². The molecule has 0 aliphatic heterocycles. The fraction of sp³-hybridized carbons (Fsp3) is 0.409. The van der Waals surface area contributed by atoms with E-state index in [9.17, 15) is 4.79 Å². The fourth-order valence-electron chi connectivity index (χ4n) is 3.47. The van der Waals surface area contributed by atoms with Gasteiger partial charge in [0.15, 0.2) is 0 Å². The van der Waals surface area contributed by atoms with Crippen LogP contribution in [-0.4, -0.2) is 33.7 Å². The lowest BCUT2D eigenvalue weighted by Gasteiger charge is -2.27. The summed E-state index contributed by atoms with van der Waals surface area (Å²) in [6, 6.07) is 0. The first-order valence-electron chi connectivity index (χ1n) is 10.5. The predicted molar refractivity (Wildman–Crippen MR) is 124 cm³/mol. The molecule has 32 heavy (non-hydrogen) atoms. The number of nitrogens with two attached hydrogens (primary N) is 2. The number of hydrogen-bond donors (Lipinski definition) is 3. The van der Waals surface area contributed by atoms with Crippen LogP contribution in [-0.2, 0) is 16.0 Å². The second-order valence-electron chi connectivity index (χ2n) is 7.97. The van der Waals surface area contributed by atoms with E-state index in [1.54, 1.807) is 11.2 Å². The van der Waals surface area contributed by atoms with Crippen molar-refractivity contribution in [1.82, 2.24) is 9.97 Å². The predicted octanol–water partition coefficient (Wildman–Crippen LogP) is 3.29. The molecule has 2 aliphatic carbocycles. The number of hydrazine groups is 2. The zero-order chi connectivity index (χ0) is 23.3. The van der Waals surface area contributed by atoms with Crippen LogP contribution in [0.4, 0.5) is 11.6 Å². The molecule has 0 amide bonds. The van der Waals surface area contributed by atoms with Gasteiger partial charge >= 0.3 is 5.97 Å². The Kier molecular flexibility index (Phi) is 7.89. The molecule has 0 saturated heterocycles. The highest BCUT2D eigenvalue weighted by atomic mass is 35.5. The zero-order valence-corrected chi connectivity index (χ0v) is 19.0. The maximum absolute atomic E-state index is 11.0. The summed E-state index contributed by atoms with van der Waals surface area (Å²) < 4.78 is 5.77. The largest absolute Gasteiger partial charge is 0.495 e. The molecule has 1 aromatic heterocycles. The zero-order valence-electron chi connectivity index (χ0n) is 18.3. The molecule has 10 heteroatoms. The van der Waals surface area contributed by atoms with Crippen LogP contribution in [0.3, 0.4) is 0 Å². The molecule has 9 nitrogen and oxygen atoms in total. The van der Waals surface area contributed by atoms with Gasteiger partial charge in [-0.3, -0.25) is 14.8 Å². The van der Waals surface area contributed by atoms with Gasteiger partial charge in [-0.25, -0.2) is 21.7 Å². The van der Waals surface area contributed by atoms with E-state index in [2.05, 4.69) is 9.97 Å². The van der Waals surface area contributed by atoms with E-state index < -0.39 is 12.5 Å². The van der Waals surface area contributed by atoms with E-state index in [0.29, 0.717) is 24.2 Å². The first-order chi connectivity index (χ1) is 15.2. The Morgan fingerprint density at radius 3 is 2.56 bits per heavy atom. The minimum absolute atomic E-state index is 0.119. The van der Waals surface area contributed by atoms with Gasteiger partial charge in [-0.1, -0.05) is 23.3 Å². The number of nitrogens with zero attached hydrogens (tertiary/aromatic N) is 4. The van der Waals surface area contributed by atoms with E-state index in [1.165, 1.54) is 0 Å². The van der Waals surface area contributed by atoms with Gasteiger partial charge in [-0.2, -0.15) is 0 Å². The number of halogens is 1. The normalized spacial score (nSPS) is 16.1. The van der Waals surface area contributed by atoms with Crippen LogP contribution in [0.25, 0.3) is 0 Å². The molecule has 0 aromatic carbocycles. The monoisotopic (exact) mass is 460 g/mol. The number of carboxylic acids is 1. The van der Waals surface area contributed by atoms with Gasteiger partial charge in [0, 0.05) is 23.6 Å². The number of aliphatic carboxylic acids is 1. The van der Waals surface area contributed by atoms with Crippen LogP contribution in [0.15, 0.2) is 52.6 Å². The molecule has 172 valence electrons. The smallest absolute Gasteiger partial charge is 0.324 e. The SMILES string of the molecule is CC(C)OC1=CC=C(N(N)c2cnc(N(N)CC(=O)O)nc2CC2=CC=C(Cl)CC2)CC1. The number of aromatic nitrogens is 2. The maximum Gasteiger partial charge on any atom is 0.324 e. The van der Waals surface area contributed by atoms with Crippen LogP contribution in [0, 0.1) is 0 Å². The first kappa shape index (κ1) is 23.8. The molecule has 0 fully saturated rings. The summed E-state index contributed by atoms with van der Waals surface area (Å²) >= 11 is 6.09. The molecule has 5 N–H and O–H groups in total. The molecule has 0 unspecified atom stereocenters.